The van der Waals surface area contributed by atoms with Gasteiger partial charge in [-0.1, -0.05) is 19.9 Å². The van der Waals surface area contributed by atoms with Crippen molar-refractivity contribution in [1.29, 1.82) is 0 Å². The van der Waals surface area contributed by atoms with Crippen LogP contribution < -0.4 is 19.5 Å². The van der Waals surface area contributed by atoms with Crippen molar-refractivity contribution in [2.45, 2.75) is 31.2 Å². The molecule has 1 unspecified atom stereocenters. The fourth-order valence-corrected chi connectivity index (χ4v) is 4.77. The van der Waals surface area contributed by atoms with E-state index in [1.54, 1.807) is 61.3 Å². The van der Waals surface area contributed by atoms with E-state index in [4.69, 9.17) is 9.47 Å². The molecule has 0 bridgehead atoms. The summed E-state index contributed by atoms with van der Waals surface area (Å²) in [7, 11) is -3.99. The van der Waals surface area contributed by atoms with Crippen LogP contribution >= 0.6 is 0 Å². The van der Waals surface area contributed by atoms with E-state index in [1.807, 2.05) is 6.07 Å². The van der Waals surface area contributed by atoms with Gasteiger partial charge in [-0.3, -0.25) is 4.79 Å². The van der Waals surface area contributed by atoms with Crippen molar-refractivity contribution in [3.8, 4) is 17.2 Å². The molecule has 1 aliphatic heterocycles. The molecule has 4 rings (SSSR count). The number of hydrogen-bond donors (Lipinski definition) is 2. The molecule has 1 aliphatic rings. The minimum absolute atomic E-state index is 0.00544. The Morgan fingerprint density at radius 3 is 2.58 bits per heavy atom. The predicted molar refractivity (Wildman–Crippen MR) is 123 cm³/mol. The van der Waals surface area contributed by atoms with Gasteiger partial charge >= 0.3 is 0 Å². The zero-order valence-corrected chi connectivity index (χ0v) is 19.2. The average molecular weight is 471 g/mol. The maximum atomic E-state index is 13.1. The lowest BCUT2D eigenvalue weighted by molar-refractivity contribution is -0.118. The van der Waals surface area contributed by atoms with Crippen molar-refractivity contribution < 1.29 is 22.7 Å². The van der Waals surface area contributed by atoms with Gasteiger partial charge in [-0.15, -0.1) is 0 Å². The molecule has 2 aromatic carbocycles. The van der Waals surface area contributed by atoms with Crippen LogP contribution in [-0.4, -0.2) is 43.4 Å². The lowest BCUT2D eigenvalue weighted by Gasteiger charge is -2.22. The maximum absolute atomic E-state index is 13.1. The molecule has 2 N–H and O–H groups in total. The second-order valence-corrected chi connectivity index (χ2v) is 9.71. The fourth-order valence-electron chi connectivity index (χ4n) is 3.41. The van der Waals surface area contributed by atoms with E-state index in [2.05, 4.69) is 15.1 Å². The number of amides is 1. The van der Waals surface area contributed by atoms with Gasteiger partial charge in [-0.25, -0.2) is 13.1 Å². The van der Waals surface area contributed by atoms with Gasteiger partial charge < -0.3 is 14.8 Å². The van der Waals surface area contributed by atoms with Crippen LogP contribution in [0.4, 0.5) is 5.69 Å². The monoisotopic (exact) mass is 470 g/mol. The van der Waals surface area contributed by atoms with Gasteiger partial charge in [0.05, 0.1) is 23.8 Å². The minimum atomic E-state index is -3.99. The summed E-state index contributed by atoms with van der Waals surface area (Å²) in [6, 6.07) is 12.4. The molecule has 2 heterocycles. The van der Waals surface area contributed by atoms with Gasteiger partial charge in [0, 0.05) is 30.6 Å². The quantitative estimate of drug-likeness (QED) is 0.549. The zero-order valence-electron chi connectivity index (χ0n) is 18.4. The van der Waals surface area contributed by atoms with Crippen molar-refractivity contribution in [2.75, 3.05) is 18.5 Å². The van der Waals surface area contributed by atoms with Crippen molar-refractivity contribution in [1.82, 2.24) is 14.5 Å². The van der Waals surface area contributed by atoms with E-state index in [-0.39, 0.29) is 10.8 Å². The lowest BCUT2D eigenvalue weighted by atomic mass is 10.0. The molecule has 33 heavy (non-hydrogen) atoms. The summed E-state index contributed by atoms with van der Waals surface area (Å²) in [5.74, 6) is 0.119. The second kappa shape index (κ2) is 9.63. The Hall–Kier alpha value is -3.37. The number of nitrogens with zero attached hydrogens (tertiary/aromatic N) is 2. The third-order valence-corrected chi connectivity index (χ3v) is 6.58. The Labute approximate surface area is 192 Å². The normalized spacial score (nSPS) is 14.5. The molecule has 10 heteroatoms. The van der Waals surface area contributed by atoms with Crippen LogP contribution in [-0.2, 0) is 14.8 Å². The average Bonchev–Trinajstić information content (AvgIpc) is 3.23. The highest BCUT2D eigenvalue weighted by Gasteiger charge is 2.29. The first-order valence-electron chi connectivity index (χ1n) is 10.7. The first kappa shape index (κ1) is 22.8. The molecule has 0 radical (unpaired) electrons. The molecule has 0 saturated carbocycles. The van der Waals surface area contributed by atoms with Crippen LogP contribution in [0.15, 0.2) is 65.8 Å². The number of benzene rings is 2. The molecule has 1 amide bonds. The first-order chi connectivity index (χ1) is 15.8. The fraction of sp³-hybridized carbons (Fsp3) is 0.304. The molecular weight excluding hydrogens is 444 g/mol. The standard InChI is InChI=1S/C23H26N4O5S/c1-16(2)22(23(28)25-17-6-3-7-18(14-17)27-11-4-10-24-27)26-33(29,30)19-8-9-20-21(15-19)32-13-5-12-31-20/h3-4,6-11,14-16,22,26H,5,12-13H2,1-2H3,(H,25,28). The number of fused-ring (bicyclic) bond motifs is 1. The number of nitrogens with one attached hydrogen (secondary N) is 2. The Morgan fingerprint density at radius 2 is 1.85 bits per heavy atom. The van der Waals surface area contributed by atoms with Gasteiger partial charge in [0.25, 0.3) is 0 Å². The number of ether oxygens (including phenoxy) is 2. The highest BCUT2D eigenvalue weighted by molar-refractivity contribution is 7.89. The van der Waals surface area contributed by atoms with Gasteiger partial charge in [0.1, 0.15) is 6.04 Å². The van der Waals surface area contributed by atoms with Crippen LogP contribution in [0.25, 0.3) is 5.69 Å². The Bertz CT molecular complexity index is 1230. The molecular formula is C23H26N4O5S. The number of carbonyl (C=O) groups is 1. The molecule has 1 atom stereocenters. The SMILES string of the molecule is CC(C)C(NS(=O)(=O)c1ccc2c(c1)OCCCO2)C(=O)Nc1cccc(-n2cccn2)c1. The molecule has 0 spiro atoms. The van der Waals surface area contributed by atoms with Crippen LogP contribution in [0.5, 0.6) is 11.5 Å². The minimum Gasteiger partial charge on any atom is -0.490 e. The zero-order chi connectivity index (χ0) is 23.4. The van der Waals surface area contributed by atoms with Crippen molar-refractivity contribution in [3.05, 3.63) is 60.9 Å². The number of hydrogen-bond acceptors (Lipinski definition) is 6. The van der Waals surface area contributed by atoms with Gasteiger partial charge in [0.2, 0.25) is 15.9 Å². The van der Waals surface area contributed by atoms with E-state index in [0.717, 1.165) is 5.69 Å². The van der Waals surface area contributed by atoms with Crippen molar-refractivity contribution in [2.24, 2.45) is 5.92 Å². The third-order valence-electron chi connectivity index (χ3n) is 5.14. The largest absolute Gasteiger partial charge is 0.490 e. The molecule has 0 fully saturated rings. The summed E-state index contributed by atoms with van der Waals surface area (Å²) >= 11 is 0. The number of aromatic nitrogens is 2. The van der Waals surface area contributed by atoms with Crippen LogP contribution in [0, 0.1) is 5.92 Å². The molecule has 9 nitrogen and oxygen atoms in total. The van der Waals surface area contributed by atoms with Gasteiger partial charge in [-0.05, 0) is 42.3 Å². The topological polar surface area (TPSA) is 112 Å². The van der Waals surface area contributed by atoms with Crippen molar-refractivity contribution >= 4 is 21.6 Å². The van der Waals surface area contributed by atoms with Gasteiger partial charge in [0.15, 0.2) is 11.5 Å². The van der Waals surface area contributed by atoms with E-state index in [9.17, 15) is 13.2 Å². The predicted octanol–water partition coefficient (Wildman–Crippen LogP) is 2.98. The molecule has 174 valence electrons. The molecule has 1 aromatic heterocycles. The molecule has 0 aliphatic carbocycles. The molecule has 0 saturated heterocycles. The van der Waals surface area contributed by atoms with Gasteiger partial charge in [-0.2, -0.15) is 9.82 Å². The summed E-state index contributed by atoms with van der Waals surface area (Å²) < 4.78 is 41.5. The smallest absolute Gasteiger partial charge is 0.242 e. The van der Waals surface area contributed by atoms with E-state index < -0.39 is 22.0 Å². The van der Waals surface area contributed by atoms with Crippen molar-refractivity contribution in [3.63, 3.8) is 0 Å². The third kappa shape index (κ3) is 5.35. The highest BCUT2D eigenvalue weighted by Crippen LogP contribution is 2.32. The molecule has 3 aromatic rings. The number of carbonyl (C=O) groups excluding carboxylic acids is 1. The summed E-state index contributed by atoms with van der Waals surface area (Å²) in [4.78, 5) is 13.0. The van der Waals surface area contributed by atoms with E-state index in [1.165, 1.54) is 12.1 Å². The Kier molecular flexibility index (Phi) is 6.66. The highest BCUT2D eigenvalue weighted by atomic mass is 32.2. The van der Waals surface area contributed by atoms with Crippen LogP contribution in [0.1, 0.15) is 20.3 Å². The first-order valence-corrected chi connectivity index (χ1v) is 12.1. The summed E-state index contributed by atoms with van der Waals surface area (Å²) in [5, 5.41) is 6.99. The van der Waals surface area contributed by atoms with Crippen LogP contribution in [0.2, 0.25) is 0 Å². The van der Waals surface area contributed by atoms with E-state index >= 15 is 0 Å². The second-order valence-electron chi connectivity index (χ2n) is 7.99. The Balaban J connectivity index is 1.52. The summed E-state index contributed by atoms with van der Waals surface area (Å²) in [6.45, 7) is 4.51. The summed E-state index contributed by atoms with van der Waals surface area (Å²) in [6.07, 6.45) is 4.17. The summed E-state index contributed by atoms with van der Waals surface area (Å²) in [5.41, 5.74) is 1.31. The lowest BCUT2D eigenvalue weighted by Crippen LogP contribution is -2.47. The number of sulfonamides is 1. The number of rotatable bonds is 7. The maximum Gasteiger partial charge on any atom is 0.242 e. The Morgan fingerprint density at radius 1 is 1.06 bits per heavy atom. The van der Waals surface area contributed by atoms with Crippen LogP contribution in [0.3, 0.4) is 0 Å². The number of anilines is 1. The van der Waals surface area contributed by atoms with E-state index in [0.29, 0.717) is 36.8 Å².